The molecule has 2 heterocycles. The molecule has 0 unspecified atom stereocenters. The van der Waals surface area contributed by atoms with E-state index in [1.165, 1.54) is 0 Å². The van der Waals surface area contributed by atoms with Crippen molar-refractivity contribution in [2.75, 3.05) is 0 Å². The largest absolute Gasteiger partial charge is 0.241 e. The van der Waals surface area contributed by atoms with E-state index in [2.05, 4.69) is 32.7 Å². The molecule has 0 fully saturated rings. The summed E-state index contributed by atoms with van der Waals surface area (Å²) in [5, 5.41) is 5.51. The van der Waals surface area contributed by atoms with Gasteiger partial charge < -0.3 is 0 Å². The van der Waals surface area contributed by atoms with Gasteiger partial charge in [0.05, 0.1) is 32.5 Å². The summed E-state index contributed by atoms with van der Waals surface area (Å²) in [4.78, 5) is 9.34. The van der Waals surface area contributed by atoms with Gasteiger partial charge in [0.15, 0.2) is 5.65 Å². The van der Waals surface area contributed by atoms with Crippen LogP contribution in [0.4, 0.5) is 0 Å². The number of aromatic nitrogens is 4. The molecule has 2 aromatic carbocycles. The average molecular weight is 455 g/mol. The lowest BCUT2D eigenvalue weighted by atomic mass is 10.3. The van der Waals surface area contributed by atoms with Crippen LogP contribution in [-0.2, 0) is 0 Å². The maximum absolute atomic E-state index is 6.10. The smallest absolute Gasteiger partial charge is 0.182 e. The molecule has 0 saturated heterocycles. The summed E-state index contributed by atoms with van der Waals surface area (Å²) in [5.41, 5.74) is 4.62. The van der Waals surface area contributed by atoms with E-state index in [4.69, 9.17) is 28.2 Å². The highest BCUT2D eigenvalue weighted by atomic mass is 127. The molecule has 0 N–H and O–H groups in total. The van der Waals surface area contributed by atoms with Crippen LogP contribution in [-0.4, -0.2) is 19.7 Å². The van der Waals surface area contributed by atoms with Crippen molar-refractivity contribution in [1.29, 1.82) is 0 Å². The van der Waals surface area contributed by atoms with Gasteiger partial charge in [-0.05, 0) is 65.9 Å². The number of aryl methyl sites for hydroxylation is 1. The molecule has 0 aliphatic rings. The normalized spacial score (nSPS) is 11.5. The minimum atomic E-state index is 0.463. The fourth-order valence-corrected chi connectivity index (χ4v) is 3.12. The lowest BCUT2D eigenvalue weighted by Crippen LogP contribution is -1.98. The topological polar surface area (TPSA) is 43.6 Å². The number of fused-ring (bicyclic) bond motifs is 2. The lowest BCUT2D eigenvalue weighted by Gasteiger charge is -2.04. The van der Waals surface area contributed by atoms with Crippen LogP contribution < -0.4 is 0 Å². The number of rotatable bonds is 1. The molecule has 0 bridgehead atoms. The van der Waals surface area contributed by atoms with Gasteiger partial charge in [0.25, 0.3) is 0 Å². The first-order chi connectivity index (χ1) is 11.0. The van der Waals surface area contributed by atoms with Crippen molar-refractivity contribution in [2.45, 2.75) is 6.92 Å². The van der Waals surface area contributed by atoms with Gasteiger partial charge >= 0.3 is 0 Å². The average Bonchev–Trinajstić information content (AvgIpc) is 2.84. The Hall–Kier alpha value is -1.44. The number of hydrogen-bond donors (Lipinski definition) is 0. The van der Waals surface area contributed by atoms with Crippen LogP contribution in [0.25, 0.3) is 27.9 Å². The van der Waals surface area contributed by atoms with Crippen molar-refractivity contribution in [3.63, 3.8) is 0 Å². The number of benzene rings is 2. The Balaban J connectivity index is 2.04. The fraction of sp³-hybridized carbons (Fsp3) is 0.0625. The predicted octanol–water partition coefficient (Wildman–Crippen LogP) is 5.19. The van der Waals surface area contributed by atoms with E-state index in [1.54, 1.807) is 16.8 Å². The van der Waals surface area contributed by atoms with Crippen LogP contribution in [0.1, 0.15) is 5.69 Å². The first kappa shape index (κ1) is 15.1. The van der Waals surface area contributed by atoms with Crippen LogP contribution in [0.15, 0.2) is 36.4 Å². The lowest BCUT2D eigenvalue weighted by molar-refractivity contribution is 0.879. The highest BCUT2D eigenvalue weighted by Crippen LogP contribution is 2.28. The summed E-state index contributed by atoms with van der Waals surface area (Å²) in [7, 11) is 0. The quantitative estimate of drug-likeness (QED) is 0.372. The van der Waals surface area contributed by atoms with E-state index >= 15 is 0 Å². The van der Waals surface area contributed by atoms with E-state index in [1.807, 2.05) is 31.2 Å². The summed E-state index contributed by atoms with van der Waals surface area (Å²) >= 11 is 14.4. The Morgan fingerprint density at radius 3 is 2.22 bits per heavy atom. The molecule has 0 aliphatic carbocycles. The summed E-state index contributed by atoms with van der Waals surface area (Å²) in [6.45, 7) is 1.92. The standard InChI is InChI=1S/C16H9Cl2IN4/c1-8-15-16(23(22-8)10-4-2-9(19)3-5-10)21-14-7-12(18)11(17)6-13(14)20-15/h2-7H,1H3. The highest BCUT2D eigenvalue weighted by molar-refractivity contribution is 14.1. The van der Waals surface area contributed by atoms with Gasteiger partial charge in [0, 0.05) is 3.57 Å². The minimum Gasteiger partial charge on any atom is -0.241 e. The zero-order valence-corrected chi connectivity index (χ0v) is 15.6. The first-order valence-electron chi connectivity index (χ1n) is 6.81. The van der Waals surface area contributed by atoms with Crippen molar-refractivity contribution in [1.82, 2.24) is 19.7 Å². The molecule has 0 spiro atoms. The third-order valence-corrected chi connectivity index (χ3v) is 4.99. The van der Waals surface area contributed by atoms with E-state index in [0.29, 0.717) is 26.7 Å². The summed E-state index contributed by atoms with van der Waals surface area (Å²) in [6, 6.07) is 11.5. The van der Waals surface area contributed by atoms with Crippen molar-refractivity contribution in [3.05, 3.63) is 55.7 Å². The summed E-state index contributed by atoms with van der Waals surface area (Å²) < 4.78 is 2.97. The molecule has 0 radical (unpaired) electrons. The third-order valence-electron chi connectivity index (χ3n) is 3.55. The summed E-state index contributed by atoms with van der Waals surface area (Å²) in [5.74, 6) is 0. The molecule has 0 atom stereocenters. The van der Waals surface area contributed by atoms with Crippen LogP contribution in [0.5, 0.6) is 0 Å². The van der Waals surface area contributed by atoms with Gasteiger partial charge in [-0.3, -0.25) is 0 Å². The Kier molecular flexibility index (Phi) is 3.66. The van der Waals surface area contributed by atoms with Crippen LogP contribution in [0, 0.1) is 10.5 Å². The van der Waals surface area contributed by atoms with E-state index in [0.717, 1.165) is 20.5 Å². The predicted molar refractivity (Wildman–Crippen MR) is 102 cm³/mol. The number of hydrogen-bond acceptors (Lipinski definition) is 3. The molecule has 0 amide bonds. The SMILES string of the molecule is Cc1nn(-c2ccc(I)cc2)c2nc3cc(Cl)c(Cl)cc3nc12. The van der Waals surface area contributed by atoms with Gasteiger partial charge in [0.2, 0.25) is 0 Å². The maximum atomic E-state index is 6.10. The van der Waals surface area contributed by atoms with E-state index < -0.39 is 0 Å². The molecule has 0 saturated carbocycles. The maximum Gasteiger partial charge on any atom is 0.182 e. The minimum absolute atomic E-state index is 0.463. The molecule has 4 rings (SSSR count). The second-order valence-electron chi connectivity index (χ2n) is 5.12. The molecule has 2 aromatic heterocycles. The molecule has 4 aromatic rings. The van der Waals surface area contributed by atoms with Gasteiger partial charge in [-0.15, -0.1) is 0 Å². The molecular formula is C16H9Cl2IN4. The Morgan fingerprint density at radius 2 is 1.57 bits per heavy atom. The van der Waals surface area contributed by atoms with Crippen molar-refractivity contribution < 1.29 is 0 Å². The van der Waals surface area contributed by atoms with Crippen molar-refractivity contribution >= 4 is 68.0 Å². The zero-order valence-electron chi connectivity index (χ0n) is 11.9. The van der Waals surface area contributed by atoms with E-state index in [-0.39, 0.29) is 0 Å². The number of nitrogens with zero attached hydrogens (tertiary/aromatic N) is 4. The van der Waals surface area contributed by atoms with Crippen LogP contribution in [0.3, 0.4) is 0 Å². The van der Waals surface area contributed by atoms with Crippen molar-refractivity contribution in [2.24, 2.45) is 0 Å². The molecular weight excluding hydrogens is 446 g/mol. The Bertz CT molecular complexity index is 1060. The molecule has 7 heteroatoms. The zero-order chi connectivity index (χ0) is 16.1. The second-order valence-corrected chi connectivity index (χ2v) is 7.18. The third kappa shape index (κ3) is 2.56. The van der Waals surface area contributed by atoms with Gasteiger partial charge in [-0.2, -0.15) is 5.10 Å². The van der Waals surface area contributed by atoms with E-state index in [9.17, 15) is 0 Å². The Morgan fingerprint density at radius 1 is 0.957 bits per heavy atom. The van der Waals surface area contributed by atoms with Gasteiger partial charge in [-0.1, -0.05) is 23.2 Å². The van der Waals surface area contributed by atoms with Gasteiger partial charge in [-0.25, -0.2) is 14.6 Å². The van der Waals surface area contributed by atoms with Crippen molar-refractivity contribution in [3.8, 4) is 5.69 Å². The fourth-order valence-electron chi connectivity index (χ4n) is 2.44. The first-order valence-corrected chi connectivity index (χ1v) is 8.64. The summed E-state index contributed by atoms with van der Waals surface area (Å²) in [6.07, 6.45) is 0. The second kappa shape index (κ2) is 5.58. The van der Waals surface area contributed by atoms with Gasteiger partial charge in [0.1, 0.15) is 5.52 Å². The molecule has 0 aliphatic heterocycles. The van der Waals surface area contributed by atoms with Crippen LogP contribution >= 0.6 is 45.8 Å². The highest BCUT2D eigenvalue weighted by Gasteiger charge is 2.14. The van der Waals surface area contributed by atoms with Crippen LogP contribution in [0.2, 0.25) is 10.0 Å². The monoisotopic (exact) mass is 454 g/mol. The Labute approximate surface area is 155 Å². The number of halogens is 3. The molecule has 23 heavy (non-hydrogen) atoms. The molecule has 114 valence electrons. The molecule has 4 nitrogen and oxygen atoms in total.